The summed E-state index contributed by atoms with van der Waals surface area (Å²) < 4.78 is 3.54. The van der Waals surface area contributed by atoms with Crippen LogP contribution in [0.3, 0.4) is 0 Å². The first kappa shape index (κ1) is 26.1. The first-order valence-electron chi connectivity index (χ1n) is 11.0. The van der Waals surface area contributed by atoms with Gasteiger partial charge in [0.25, 0.3) is 0 Å². The molecule has 0 atom stereocenters. The standard InChI is InChI=1S/2C11H14ClN3.C2H6/c1-6(2)9-10-7(3)8(4)11(12)15(10)14-5-13-9;1-6(2)11-13-8(4)10-7(3)5-9(12)15(10)14-11;1-2/h2*5-6H,1-4H3;1-2H3. The Bertz CT molecular complexity index is 1220. The zero-order chi connectivity index (χ0) is 24.3. The van der Waals surface area contributed by atoms with Crippen LogP contribution in [-0.2, 0) is 0 Å². The zero-order valence-electron chi connectivity index (χ0n) is 20.7. The molecule has 0 radical (unpaired) electrons. The first-order chi connectivity index (χ1) is 15.0. The lowest BCUT2D eigenvalue weighted by Crippen LogP contribution is -2.06. The van der Waals surface area contributed by atoms with Gasteiger partial charge in [-0.15, -0.1) is 0 Å². The van der Waals surface area contributed by atoms with Crippen LogP contribution in [0, 0.1) is 27.7 Å². The van der Waals surface area contributed by atoms with Gasteiger partial charge in [0.1, 0.15) is 16.6 Å². The van der Waals surface area contributed by atoms with Crippen LogP contribution >= 0.6 is 23.2 Å². The smallest absolute Gasteiger partial charge is 0.152 e. The molecule has 0 aliphatic heterocycles. The number of rotatable bonds is 2. The quantitative estimate of drug-likeness (QED) is 0.305. The Morgan fingerprint density at radius 1 is 0.844 bits per heavy atom. The minimum absolute atomic E-state index is 0.312. The second kappa shape index (κ2) is 10.6. The summed E-state index contributed by atoms with van der Waals surface area (Å²) in [4.78, 5) is 8.82. The molecule has 0 fully saturated rings. The van der Waals surface area contributed by atoms with E-state index in [1.165, 1.54) is 5.56 Å². The second-order valence-corrected chi connectivity index (χ2v) is 8.97. The van der Waals surface area contributed by atoms with Crippen LogP contribution in [0.4, 0.5) is 0 Å². The molecule has 0 bridgehead atoms. The third kappa shape index (κ3) is 4.91. The van der Waals surface area contributed by atoms with E-state index in [0.717, 1.165) is 39.4 Å². The van der Waals surface area contributed by atoms with Crippen molar-refractivity contribution in [3.05, 3.63) is 56.6 Å². The highest BCUT2D eigenvalue weighted by Crippen LogP contribution is 2.29. The number of hydrogen-bond acceptors (Lipinski definition) is 4. The number of aryl methyl sites for hydroxylation is 3. The van der Waals surface area contributed by atoms with E-state index in [1.807, 2.05) is 40.7 Å². The molecule has 0 N–H and O–H groups in total. The van der Waals surface area contributed by atoms with Crippen molar-refractivity contribution in [3.8, 4) is 0 Å². The van der Waals surface area contributed by atoms with Crippen LogP contribution in [0.2, 0.25) is 10.3 Å². The van der Waals surface area contributed by atoms with Crippen LogP contribution in [0.5, 0.6) is 0 Å². The van der Waals surface area contributed by atoms with Crippen molar-refractivity contribution in [1.29, 1.82) is 0 Å². The molecule has 0 saturated heterocycles. The Hall–Kier alpha value is -2.18. The van der Waals surface area contributed by atoms with E-state index in [-0.39, 0.29) is 0 Å². The Morgan fingerprint density at radius 3 is 2.03 bits per heavy atom. The van der Waals surface area contributed by atoms with Gasteiger partial charge in [-0.05, 0) is 56.4 Å². The highest BCUT2D eigenvalue weighted by atomic mass is 35.5. The average Bonchev–Trinajstić information content (AvgIpc) is 3.18. The number of aromatic nitrogens is 6. The van der Waals surface area contributed by atoms with Crippen molar-refractivity contribution < 1.29 is 0 Å². The summed E-state index contributed by atoms with van der Waals surface area (Å²) in [5.41, 5.74) is 7.48. The lowest BCUT2D eigenvalue weighted by Gasteiger charge is -2.07. The summed E-state index contributed by atoms with van der Waals surface area (Å²) in [5.74, 6) is 1.52. The van der Waals surface area contributed by atoms with Gasteiger partial charge in [-0.25, -0.2) is 19.0 Å². The summed E-state index contributed by atoms with van der Waals surface area (Å²) in [6.45, 7) is 20.5. The maximum Gasteiger partial charge on any atom is 0.152 e. The Morgan fingerprint density at radius 2 is 1.47 bits per heavy atom. The molecule has 4 rings (SSSR count). The van der Waals surface area contributed by atoms with Crippen LogP contribution in [-0.4, -0.2) is 29.2 Å². The van der Waals surface area contributed by atoms with Gasteiger partial charge in [-0.2, -0.15) is 10.2 Å². The number of nitrogens with zero attached hydrogens (tertiary/aromatic N) is 6. The molecule has 0 saturated carbocycles. The number of hydrogen-bond donors (Lipinski definition) is 0. The number of fused-ring (bicyclic) bond motifs is 2. The van der Waals surface area contributed by atoms with Crippen LogP contribution < -0.4 is 0 Å². The maximum atomic E-state index is 6.20. The van der Waals surface area contributed by atoms with Gasteiger partial charge in [0.15, 0.2) is 5.82 Å². The Kier molecular flexibility index (Phi) is 8.66. The van der Waals surface area contributed by atoms with Gasteiger partial charge >= 0.3 is 0 Å². The van der Waals surface area contributed by atoms with Gasteiger partial charge in [0.05, 0.1) is 22.4 Å². The van der Waals surface area contributed by atoms with Gasteiger partial charge in [-0.3, -0.25) is 0 Å². The molecular weight excluding hydrogens is 443 g/mol. The molecule has 6 nitrogen and oxygen atoms in total. The molecule has 0 aromatic carbocycles. The predicted octanol–water partition coefficient (Wildman–Crippen LogP) is 7.27. The maximum absolute atomic E-state index is 6.20. The zero-order valence-corrected chi connectivity index (χ0v) is 22.3. The Balaban J connectivity index is 0.000000211. The molecular formula is C24H34Cl2N6. The van der Waals surface area contributed by atoms with E-state index in [2.05, 4.69) is 54.8 Å². The van der Waals surface area contributed by atoms with Gasteiger partial charge < -0.3 is 0 Å². The summed E-state index contributed by atoms with van der Waals surface area (Å²) in [6, 6.07) is 1.92. The predicted molar refractivity (Wildman–Crippen MR) is 134 cm³/mol. The van der Waals surface area contributed by atoms with Crippen molar-refractivity contribution in [1.82, 2.24) is 29.2 Å². The SMILES string of the molecule is CC.Cc1c(C)c2c(C(C)C)ncnn2c1Cl.Cc1cc(Cl)n2nc(C(C)C)nc(C)c12. The summed E-state index contributed by atoms with van der Waals surface area (Å²) >= 11 is 12.3. The molecule has 4 heterocycles. The highest BCUT2D eigenvalue weighted by Gasteiger charge is 2.16. The first-order valence-corrected chi connectivity index (χ1v) is 11.8. The molecule has 32 heavy (non-hydrogen) atoms. The van der Waals surface area contributed by atoms with E-state index >= 15 is 0 Å². The average molecular weight is 477 g/mol. The van der Waals surface area contributed by atoms with Gasteiger partial charge in [0.2, 0.25) is 0 Å². The lowest BCUT2D eigenvalue weighted by molar-refractivity contribution is 0.712. The van der Waals surface area contributed by atoms with Crippen molar-refractivity contribution in [3.63, 3.8) is 0 Å². The molecule has 4 aromatic rings. The van der Waals surface area contributed by atoms with Gasteiger partial charge in [0, 0.05) is 5.92 Å². The fraction of sp³-hybridized carbons (Fsp3) is 0.500. The van der Waals surface area contributed by atoms with Crippen molar-refractivity contribution in [2.75, 3.05) is 0 Å². The number of halogens is 2. The van der Waals surface area contributed by atoms with Gasteiger partial charge in [-0.1, -0.05) is 64.7 Å². The minimum atomic E-state index is 0.312. The minimum Gasteiger partial charge on any atom is -0.237 e. The van der Waals surface area contributed by atoms with Crippen molar-refractivity contribution in [2.45, 2.75) is 81.1 Å². The molecule has 0 aliphatic rings. The van der Waals surface area contributed by atoms with E-state index in [1.54, 1.807) is 15.4 Å². The fourth-order valence-electron chi connectivity index (χ4n) is 3.49. The third-order valence-corrected chi connectivity index (χ3v) is 5.96. The molecule has 0 spiro atoms. The summed E-state index contributed by atoms with van der Waals surface area (Å²) in [7, 11) is 0. The topological polar surface area (TPSA) is 60.4 Å². The van der Waals surface area contributed by atoms with Crippen LogP contribution in [0.15, 0.2) is 12.4 Å². The second-order valence-electron chi connectivity index (χ2n) is 8.22. The summed E-state index contributed by atoms with van der Waals surface area (Å²) in [5, 5.41) is 9.94. The molecule has 8 heteroatoms. The van der Waals surface area contributed by atoms with E-state index in [4.69, 9.17) is 23.2 Å². The van der Waals surface area contributed by atoms with E-state index in [9.17, 15) is 0 Å². The normalized spacial score (nSPS) is 11.1. The van der Waals surface area contributed by atoms with Crippen LogP contribution in [0.25, 0.3) is 11.0 Å². The molecule has 0 unspecified atom stereocenters. The Labute approximate surface area is 201 Å². The molecule has 0 amide bonds. The molecule has 4 aromatic heterocycles. The van der Waals surface area contributed by atoms with E-state index in [0.29, 0.717) is 22.1 Å². The van der Waals surface area contributed by atoms with E-state index < -0.39 is 0 Å². The molecule has 0 aliphatic carbocycles. The van der Waals surface area contributed by atoms with Crippen LogP contribution in [0.1, 0.15) is 87.3 Å². The highest BCUT2D eigenvalue weighted by molar-refractivity contribution is 6.31. The van der Waals surface area contributed by atoms with Crippen molar-refractivity contribution >= 4 is 34.2 Å². The third-order valence-electron chi connectivity index (χ3n) is 5.25. The summed E-state index contributed by atoms with van der Waals surface area (Å²) in [6.07, 6.45) is 1.56. The molecule has 174 valence electrons. The largest absolute Gasteiger partial charge is 0.237 e. The lowest BCUT2D eigenvalue weighted by atomic mass is 10.1. The monoisotopic (exact) mass is 476 g/mol. The fourth-order valence-corrected chi connectivity index (χ4v) is 4.05. The van der Waals surface area contributed by atoms with Crippen molar-refractivity contribution in [2.24, 2.45) is 0 Å².